The van der Waals surface area contributed by atoms with Crippen molar-refractivity contribution in [3.63, 3.8) is 0 Å². The Morgan fingerprint density at radius 3 is 2.38 bits per heavy atom. The van der Waals surface area contributed by atoms with E-state index >= 15 is 0 Å². The fourth-order valence-corrected chi connectivity index (χ4v) is 2.66. The minimum atomic E-state index is -0.755. The molecular formula is C15H20F2N2O2. The monoisotopic (exact) mass is 298 g/mol. The number of hydrogen-bond acceptors (Lipinski definition) is 3. The van der Waals surface area contributed by atoms with Gasteiger partial charge in [-0.2, -0.15) is 0 Å². The lowest BCUT2D eigenvalue weighted by Crippen LogP contribution is -2.39. The Bertz CT molecular complexity index is 491. The molecule has 1 N–H and O–H groups in total. The number of ether oxygens (including phenoxy) is 1. The first kappa shape index (κ1) is 15.7. The molecule has 1 aliphatic rings. The highest BCUT2D eigenvalue weighted by molar-refractivity contribution is 5.94. The number of hydrogen-bond donors (Lipinski definition) is 1. The van der Waals surface area contributed by atoms with Crippen molar-refractivity contribution in [1.29, 1.82) is 0 Å². The lowest BCUT2D eigenvalue weighted by Gasteiger charge is -2.31. The van der Waals surface area contributed by atoms with Crippen LogP contribution in [-0.4, -0.2) is 44.7 Å². The van der Waals surface area contributed by atoms with Gasteiger partial charge in [-0.05, 0) is 30.9 Å². The van der Waals surface area contributed by atoms with Gasteiger partial charge in [-0.25, -0.2) is 8.78 Å². The molecule has 0 aliphatic carbocycles. The van der Waals surface area contributed by atoms with Crippen molar-refractivity contribution in [2.45, 2.75) is 12.8 Å². The molecule has 0 radical (unpaired) electrons. The van der Waals surface area contributed by atoms with Crippen molar-refractivity contribution in [2.24, 2.45) is 5.92 Å². The zero-order valence-electron chi connectivity index (χ0n) is 12.3. The molecule has 0 unspecified atom stereocenters. The number of carbonyl (C=O) groups is 1. The number of amides is 1. The second-order valence-electron chi connectivity index (χ2n) is 5.26. The first-order valence-electron chi connectivity index (χ1n) is 7.01. The van der Waals surface area contributed by atoms with Gasteiger partial charge in [0, 0.05) is 39.4 Å². The SMILES string of the molecule is CNc1c(F)cc(C(=O)N2CCC(COC)CC2)cc1F. The van der Waals surface area contributed by atoms with Gasteiger partial charge in [0.05, 0.1) is 0 Å². The zero-order valence-corrected chi connectivity index (χ0v) is 12.3. The van der Waals surface area contributed by atoms with Crippen LogP contribution in [0.3, 0.4) is 0 Å². The fourth-order valence-electron chi connectivity index (χ4n) is 2.66. The number of nitrogens with zero attached hydrogens (tertiary/aromatic N) is 1. The van der Waals surface area contributed by atoms with Gasteiger partial charge in [0.15, 0.2) is 0 Å². The molecule has 1 amide bonds. The second kappa shape index (κ2) is 6.85. The molecule has 6 heteroatoms. The zero-order chi connectivity index (χ0) is 15.4. The Morgan fingerprint density at radius 2 is 1.90 bits per heavy atom. The third-order valence-corrected chi connectivity index (χ3v) is 3.84. The third-order valence-electron chi connectivity index (χ3n) is 3.84. The molecule has 1 saturated heterocycles. The number of carbonyl (C=O) groups excluding carboxylic acids is 1. The Morgan fingerprint density at radius 1 is 1.33 bits per heavy atom. The number of methoxy groups -OCH3 is 1. The number of halogens is 2. The van der Waals surface area contributed by atoms with Crippen LogP contribution >= 0.6 is 0 Å². The molecule has 1 aromatic rings. The molecule has 1 aromatic carbocycles. The summed E-state index contributed by atoms with van der Waals surface area (Å²) in [5, 5.41) is 2.44. The summed E-state index contributed by atoms with van der Waals surface area (Å²) >= 11 is 0. The maximum Gasteiger partial charge on any atom is 0.254 e. The largest absolute Gasteiger partial charge is 0.384 e. The highest BCUT2D eigenvalue weighted by Crippen LogP contribution is 2.23. The molecule has 0 aromatic heterocycles. The second-order valence-corrected chi connectivity index (χ2v) is 5.26. The Hall–Kier alpha value is -1.69. The number of nitrogens with one attached hydrogen (secondary N) is 1. The molecule has 0 saturated carbocycles. The van der Waals surface area contributed by atoms with Gasteiger partial charge in [0.2, 0.25) is 0 Å². The summed E-state index contributed by atoms with van der Waals surface area (Å²) in [6.07, 6.45) is 1.69. The van der Waals surface area contributed by atoms with Gasteiger partial charge >= 0.3 is 0 Å². The van der Waals surface area contributed by atoms with Crippen molar-refractivity contribution in [1.82, 2.24) is 4.90 Å². The summed E-state index contributed by atoms with van der Waals surface area (Å²) in [6.45, 7) is 1.86. The van der Waals surface area contributed by atoms with E-state index in [0.717, 1.165) is 25.0 Å². The Balaban J connectivity index is 2.07. The molecule has 0 spiro atoms. The van der Waals surface area contributed by atoms with Crippen LogP contribution in [0, 0.1) is 17.6 Å². The minimum absolute atomic E-state index is 0.0502. The van der Waals surface area contributed by atoms with E-state index in [4.69, 9.17) is 4.74 Å². The molecule has 116 valence electrons. The van der Waals surface area contributed by atoms with Crippen LogP contribution in [0.4, 0.5) is 14.5 Å². The quantitative estimate of drug-likeness (QED) is 0.928. The van der Waals surface area contributed by atoms with Crippen molar-refractivity contribution < 1.29 is 18.3 Å². The average molecular weight is 298 g/mol. The molecule has 0 atom stereocenters. The number of likely N-dealkylation sites (tertiary alicyclic amines) is 1. The van der Waals surface area contributed by atoms with Crippen LogP contribution in [0.2, 0.25) is 0 Å². The van der Waals surface area contributed by atoms with Crippen LogP contribution in [0.1, 0.15) is 23.2 Å². The van der Waals surface area contributed by atoms with Crippen LogP contribution in [0.25, 0.3) is 0 Å². The molecule has 1 aliphatic heterocycles. The standard InChI is InChI=1S/C15H20F2N2O2/c1-18-14-12(16)7-11(8-13(14)17)15(20)19-5-3-10(4-6-19)9-21-2/h7-8,10,18H,3-6,9H2,1-2H3. The van der Waals surface area contributed by atoms with E-state index in [-0.39, 0.29) is 17.2 Å². The van der Waals surface area contributed by atoms with Crippen molar-refractivity contribution in [3.8, 4) is 0 Å². The third kappa shape index (κ3) is 3.50. The highest BCUT2D eigenvalue weighted by Gasteiger charge is 2.25. The molecule has 1 heterocycles. The maximum absolute atomic E-state index is 13.7. The van der Waals surface area contributed by atoms with Crippen molar-refractivity contribution >= 4 is 11.6 Å². The van der Waals surface area contributed by atoms with Crippen LogP contribution in [-0.2, 0) is 4.74 Å². The maximum atomic E-state index is 13.7. The molecular weight excluding hydrogens is 278 g/mol. The minimum Gasteiger partial charge on any atom is -0.384 e. The van der Waals surface area contributed by atoms with Crippen LogP contribution in [0.5, 0.6) is 0 Å². The Kier molecular flexibility index (Phi) is 5.12. The van der Waals surface area contributed by atoms with E-state index in [2.05, 4.69) is 5.32 Å². The predicted molar refractivity (Wildman–Crippen MR) is 76.4 cm³/mol. The lowest BCUT2D eigenvalue weighted by atomic mass is 9.97. The molecule has 0 bridgehead atoms. The lowest BCUT2D eigenvalue weighted by molar-refractivity contribution is 0.0613. The summed E-state index contributed by atoms with van der Waals surface area (Å²) in [4.78, 5) is 13.9. The summed E-state index contributed by atoms with van der Waals surface area (Å²) in [6, 6.07) is 2.16. The summed E-state index contributed by atoms with van der Waals surface area (Å²) in [5.74, 6) is -1.39. The Labute approximate surface area is 123 Å². The average Bonchev–Trinajstić information content (AvgIpc) is 2.47. The van der Waals surface area contributed by atoms with Gasteiger partial charge in [-0.3, -0.25) is 4.79 Å². The highest BCUT2D eigenvalue weighted by atomic mass is 19.1. The van der Waals surface area contributed by atoms with Gasteiger partial charge in [-0.15, -0.1) is 0 Å². The molecule has 4 nitrogen and oxygen atoms in total. The van der Waals surface area contributed by atoms with E-state index in [0.29, 0.717) is 25.6 Å². The van der Waals surface area contributed by atoms with E-state index in [9.17, 15) is 13.6 Å². The first-order chi connectivity index (χ1) is 10.1. The molecule has 21 heavy (non-hydrogen) atoms. The predicted octanol–water partition coefficient (Wildman–Crippen LogP) is 2.51. The number of anilines is 1. The van der Waals surface area contributed by atoms with Crippen LogP contribution in [0.15, 0.2) is 12.1 Å². The first-order valence-corrected chi connectivity index (χ1v) is 7.01. The number of piperidine rings is 1. The number of rotatable bonds is 4. The van der Waals surface area contributed by atoms with E-state index < -0.39 is 11.6 Å². The topological polar surface area (TPSA) is 41.6 Å². The van der Waals surface area contributed by atoms with Crippen molar-refractivity contribution in [3.05, 3.63) is 29.3 Å². The molecule has 1 fully saturated rings. The van der Waals surface area contributed by atoms with Crippen LogP contribution < -0.4 is 5.32 Å². The van der Waals surface area contributed by atoms with Gasteiger partial charge in [0.25, 0.3) is 5.91 Å². The van der Waals surface area contributed by atoms with E-state index in [1.165, 1.54) is 7.05 Å². The fraction of sp³-hybridized carbons (Fsp3) is 0.533. The molecule has 2 rings (SSSR count). The summed E-state index contributed by atoms with van der Waals surface area (Å²) < 4.78 is 32.5. The number of benzene rings is 1. The van der Waals surface area contributed by atoms with E-state index in [1.807, 2.05) is 0 Å². The normalized spacial score (nSPS) is 16.1. The van der Waals surface area contributed by atoms with Gasteiger partial charge < -0.3 is 15.0 Å². The van der Waals surface area contributed by atoms with Gasteiger partial charge in [0.1, 0.15) is 17.3 Å². The summed E-state index contributed by atoms with van der Waals surface area (Å²) in [7, 11) is 3.09. The van der Waals surface area contributed by atoms with Crippen molar-refractivity contribution in [2.75, 3.05) is 39.2 Å². The smallest absolute Gasteiger partial charge is 0.254 e. The summed E-state index contributed by atoms with van der Waals surface area (Å²) in [5.41, 5.74) is -0.167. The van der Waals surface area contributed by atoms with E-state index in [1.54, 1.807) is 12.0 Å². The van der Waals surface area contributed by atoms with Gasteiger partial charge in [-0.1, -0.05) is 0 Å².